The number of carboxylic acid groups (broad SMARTS) is 1. The van der Waals surface area contributed by atoms with Gasteiger partial charge in [-0.3, -0.25) is 4.79 Å². The van der Waals surface area contributed by atoms with Crippen LogP contribution in [0.15, 0.2) is 11.6 Å². The number of rotatable bonds is 12. The largest absolute Gasteiger partial charge is 0.479 e. The van der Waals surface area contributed by atoms with E-state index in [1.165, 1.54) is 12.5 Å². The van der Waals surface area contributed by atoms with Gasteiger partial charge in [0.05, 0.1) is 38.1 Å². The van der Waals surface area contributed by atoms with E-state index in [9.17, 15) is 81.1 Å². The van der Waals surface area contributed by atoms with Gasteiger partial charge in [-0.15, -0.1) is 0 Å². The zero-order valence-corrected chi connectivity index (χ0v) is 45.6. The summed E-state index contributed by atoms with van der Waals surface area (Å²) in [6.45, 7) is 14.1. The molecular weight excluding hydrogens is 1030 g/mol. The lowest BCUT2D eigenvalue weighted by Crippen LogP contribution is -2.69. The highest BCUT2D eigenvalue weighted by molar-refractivity contribution is 5.86. The van der Waals surface area contributed by atoms with Gasteiger partial charge < -0.3 is 109 Å². The molecule has 0 aromatic rings. The van der Waals surface area contributed by atoms with E-state index >= 15 is 0 Å². The summed E-state index contributed by atoms with van der Waals surface area (Å²) >= 11 is 0. The summed E-state index contributed by atoms with van der Waals surface area (Å²) < 4.78 is 48.9. The zero-order chi connectivity index (χ0) is 57.3. The van der Waals surface area contributed by atoms with Gasteiger partial charge in [0.15, 0.2) is 31.3 Å². The van der Waals surface area contributed by atoms with Crippen LogP contribution in [0.2, 0.25) is 0 Å². The summed E-state index contributed by atoms with van der Waals surface area (Å²) in [5.41, 5.74) is -2.34. The quantitative estimate of drug-likeness (QED) is 0.0722. The molecule has 0 radical (unpaired) electrons. The number of hydrogen-bond acceptors (Lipinski definition) is 23. The molecule has 446 valence electrons. The molecule has 0 bridgehead atoms. The van der Waals surface area contributed by atoms with Crippen molar-refractivity contribution < 1.29 is 119 Å². The second kappa shape index (κ2) is 21.6. The molecule has 4 aliphatic heterocycles. The van der Waals surface area contributed by atoms with Crippen LogP contribution in [0, 0.1) is 50.2 Å². The minimum absolute atomic E-state index is 0.0354. The van der Waals surface area contributed by atoms with E-state index in [1.54, 1.807) is 0 Å². The van der Waals surface area contributed by atoms with Gasteiger partial charge in [-0.1, -0.05) is 60.1 Å². The smallest absolute Gasteiger partial charge is 0.335 e. The fourth-order valence-electron chi connectivity index (χ4n) is 16.4. The topological polar surface area (TPSA) is 391 Å². The number of ketones is 1. The van der Waals surface area contributed by atoms with Crippen LogP contribution in [0.5, 0.6) is 0 Å². The number of carbonyl (C=O) groups is 2. The molecule has 0 aromatic heterocycles. The Morgan fingerprint density at radius 3 is 1.79 bits per heavy atom. The van der Waals surface area contributed by atoms with Crippen molar-refractivity contribution in [1.29, 1.82) is 0 Å². The molecule has 0 amide bonds. The summed E-state index contributed by atoms with van der Waals surface area (Å²) in [5.74, 6) is -1.85. The van der Waals surface area contributed by atoms with Crippen molar-refractivity contribution in [3.05, 3.63) is 11.6 Å². The number of allylic oxidation sites excluding steroid dienone is 2. The normalized spacial score (nSPS) is 53.9. The number of hydrogen-bond donors (Lipinski definition) is 14. The minimum atomic E-state index is -2.25. The maximum Gasteiger partial charge on any atom is 0.335 e. The van der Waals surface area contributed by atoms with Gasteiger partial charge in [-0.2, -0.15) is 0 Å². The number of ether oxygens (including phenoxy) is 8. The second-order valence-electron chi connectivity index (χ2n) is 26.3. The van der Waals surface area contributed by atoms with Crippen LogP contribution in [0.4, 0.5) is 0 Å². The number of carbonyl (C=O) groups excluding carboxylic acids is 1. The van der Waals surface area contributed by atoms with Gasteiger partial charge in [-0.05, 0) is 91.3 Å². The molecule has 9 aliphatic rings. The molecular formula is C54H86O24. The molecule has 78 heavy (non-hydrogen) atoms. The van der Waals surface area contributed by atoms with Crippen LogP contribution < -0.4 is 0 Å². The van der Waals surface area contributed by atoms with E-state index in [1.807, 2.05) is 27.7 Å². The van der Waals surface area contributed by atoms with Crippen LogP contribution in [-0.4, -0.2) is 238 Å². The molecule has 29 atom stereocenters. The lowest BCUT2D eigenvalue weighted by Gasteiger charge is -2.72. The lowest BCUT2D eigenvalue weighted by molar-refractivity contribution is -0.406. The summed E-state index contributed by atoms with van der Waals surface area (Å²) in [6.07, 6.45) is -32.8. The number of carboxylic acids is 1. The van der Waals surface area contributed by atoms with Crippen molar-refractivity contribution in [2.75, 3.05) is 19.8 Å². The van der Waals surface area contributed by atoms with Crippen molar-refractivity contribution in [3.63, 3.8) is 0 Å². The molecule has 24 nitrogen and oxygen atoms in total. The lowest BCUT2D eigenvalue weighted by atomic mass is 9.33. The summed E-state index contributed by atoms with van der Waals surface area (Å²) in [4.78, 5) is 26.6. The fourth-order valence-corrected chi connectivity index (χ4v) is 16.4. The average Bonchev–Trinajstić information content (AvgIpc) is 2.79. The summed E-state index contributed by atoms with van der Waals surface area (Å²) in [7, 11) is 0. The molecule has 8 fully saturated rings. The highest BCUT2D eigenvalue weighted by Crippen LogP contribution is 2.76. The summed E-state index contributed by atoms with van der Waals surface area (Å²) in [6, 6.07) is 0. The van der Waals surface area contributed by atoms with Crippen LogP contribution in [0.3, 0.4) is 0 Å². The van der Waals surface area contributed by atoms with E-state index in [0.29, 0.717) is 38.5 Å². The van der Waals surface area contributed by atoms with Gasteiger partial charge in [-0.25, -0.2) is 4.79 Å². The second-order valence-corrected chi connectivity index (χ2v) is 26.3. The van der Waals surface area contributed by atoms with Crippen LogP contribution in [0.25, 0.3) is 0 Å². The number of fused-ring (bicyclic) bond motifs is 7. The molecule has 0 spiro atoms. The van der Waals surface area contributed by atoms with E-state index in [0.717, 1.165) is 6.42 Å². The maximum atomic E-state index is 13.5. The summed E-state index contributed by atoms with van der Waals surface area (Å²) in [5, 5.41) is 154. The Hall–Kier alpha value is -1.96. The van der Waals surface area contributed by atoms with E-state index in [-0.39, 0.29) is 47.4 Å². The van der Waals surface area contributed by atoms with E-state index in [4.69, 9.17) is 37.9 Å². The first-order valence-electron chi connectivity index (χ1n) is 27.7. The number of aliphatic carboxylic acids is 1. The first-order chi connectivity index (χ1) is 36.4. The Bertz CT molecular complexity index is 2210. The Morgan fingerprint density at radius 2 is 1.18 bits per heavy atom. The van der Waals surface area contributed by atoms with Crippen LogP contribution in [0.1, 0.15) is 107 Å². The Morgan fingerprint density at radius 1 is 0.615 bits per heavy atom. The molecule has 4 heterocycles. The van der Waals surface area contributed by atoms with Crippen molar-refractivity contribution in [1.82, 2.24) is 0 Å². The first-order valence-corrected chi connectivity index (χ1v) is 27.7. The SMILES string of the molecule is CC1OC(OC2C(OC3C(O)C(C(=O)O)OC(OC4CCC5(C)C(CCC6(C)C5CC=C5C7CC(C)(C)C(=O)CC7(CO)C(O)CC56C)C4(C)C)C3OC3OC(CO)C(O)C(O)C3O)OC(CO)C(O)C2O)C(O)C(O)C1O. The van der Waals surface area contributed by atoms with Crippen molar-refractivity contribution in [3.8, 4) is 0 Å². The molecule has 9 rings (SSSR count). The number of aliphatic hydroxyl groups excluding tert-OH is 13. The molecule has 0 aromatic carbocycles. The predicted molar refractivity (Wildman–Crippen MR) is 264 cm³/mol. The molecule has 4 saturated carbocycles. The first kappa shape index (κ1) is 60.6. The van der Waals surface area contributed by atoms with Gasteiger partial charge in [0, 0.05) is 17.3 Å². The van der Waals surface area contributed by atoms with Gasteiger partial charge in [0.2, 0.25) is 0 Å². The van der Waals surface area contributed by atoms with Crippen LogP contribution in [-0.2, 0) is 47.5 Å². The van der Waals surface area contributed by atoms with Crippen molar-refractivity contribution in [2.45, 2.75) is 242 Å². The number of Topliss-reactive ketones (excluding diaryl/α,β-unsaturated/α-hetero) is 1. The fraction of sp³-hybridized carbons (Fsp3) is 0.926. The molecule has 24 heteroatoms. The molecule has 5 aliphatic carbocycles. The molecule has 29 unspecified atom stereocenters. The van der Waals surface area contributed by atoms with Crippen molar-refractivity contribution >= 4 is 11.8 Å². The Labute approximate surface area is 453 Å². The highest BCUT2D eigenvalue weighted by atomic mass is 16.8. The highest BCUT2D eigenvalue weighted by Gasteiger charge is 2.71. The monoisotopic (exact) mass is 1120 g/mol. The van der Waals surface area contributed by atoms with Gasteiger partial charge >= 0.3 is 5.97 Å². The van der Waals surface area contributed by atoms with Gasteiger partial charge in [0.1, 0.15) is 91.2 Å². The average molecular weight is 1120 g/mol. The molecule has 14 N–H and O–H groups in total. The minimum Gasteiger partial charge on any atom is -0.479 e. The Kier molecular flexibility index (Phi) is 16.8. The third-order valence-corrected chi connectivity index (χ3v) is 21.5. The van der Waals surface area contributed by atoms with Gasteiger partial charge in [0.25, 0.3) is 0 Å². The van der Waals surface area contributed by atoms with E-state index in [2.05, 4.69) is 26.8 Å². The molecule has 4 saturated heterocycles. The zero-order valence-electron chi connectivity index (χ0n) is 45.6. The van der Waals surface area contributed by atoms with Crippen LogP contribution >= 0.6 is 0 Å². The standard InChI is InChI=1S/C54H86O24/c1-21-31(60)34(63)37(66)45(71-21)77-42-36(65)33(62)25(19-56)73-47(42)75-40-39(68)41(44(69)70)76-48(43(40)78-46-38(67)35(64)32(61)24(18-55)72-46)74-30-12-13-51(6)26(50(30,4)5)11-14-52(7)27(51)10-9-22-23-15-49(2,3)28(58)17-54(23,20-57)29(59)16-53(22,52)8/h9,21,23-27,29-43,45-48,55-57,59-68H,10-20H2,1-8H3,(H,69,70). The third kappa shape index (κ3) is 9.49. The number of aliphatic hydroxyl groups is 13. The third-order valence-electron chi connectivity index (χ3n) is 21.5. The van der Waals surface area contributed by atoms with Crippen molar-refractivity contribution in [2.24, 2.45) is 50.2 Å². The van der Waals surface area contributed by atoms with E-state index < -0.39 is 176 Å². The predicted octanol–water partition coefficient (Wildman–Crippen LogP) is -2.29. The maximum absolute atomic E-state index is 13.5. The Balaban J connectivity index is 1.05.